The zero-order chi connectivity index (χ0) is 14.5. The molecule has 1 fully saturated rings. The first-order valence-electron chi connectivity index (χ1n) is 7.26. The molecule has 0 spiro atoms. The van der Waals surface area contributed by atoms with Gasteiger partial charge in [-0.05, 0) is 19.0 Å². The second kappa shape index (κ2) is 6.95. The first-order valence-corrected chi connectivity index (χ1v) is 7.26. The molecule has 1 aromatic rings. The molecule has 1 aliphatic rings. The number of Topliss-reactive ketones (excluding diaryl/α,β-unsaturated/α-hetero) is 1. The van der Waals surface area contributed by atoms with Crippen LogP contribution in [0.25, 0.3) is 0 Å². The van der Waals surface area contributed by atoms with E-state index in [4.69, 9.17) is 0 Å². The van der Waals surface area contributed by atoms with Crippen LogP contribution in [0, 0.1) is 5.92 Å². The van der Waals surface area contributed by atoms with Gasteiger partial charge in [-0.1, -0.05) is 37.3 Å². The van der Waals surface area contributed by atoms with E-state index in [1.807, 2.05) is 37.3 Å². The van der Waals surface area contributed by atoms with E-state index in [1.165, 1.54) is 5.56 Å². The van der Waals surface area contributed by atoms with Gasteiger partial charge < -0.3 is 5.32 Å². The van der Waals surface area contributed by atoms with Gasteiger partial charge in [0.15, 0.2) is 0 Å². The summed E-state index contributed by atoms with van der Waals surface area (Å²) < 4.78 is 14.2. The van der Waals surface area contributed by atoms with E-state index in [0.717, 1.165) is 6.54 Å². The number of likely N-dealkylation sites (tertiary alicyclic amines) is 1. The van der Waals surface area contributed by atoms with Crippen LogP contribution in [0.2, 0.25) is 0 Å². The Bertz CT molecular complexity index is 437. The molecule has 0 aromatic heterocycles. The number of nitrogens with zero attached hydrogens (tertiary/aromatic N) is 1. The number of rotatable bonds is 6. The van der Waals surface area contributed by atoms with Gasteiger partial charge in [0.25, 0.3) is 0 Å². The standard InChI is InChI=1S/C16H23FN2O/c1-3-18-16(12(2)20)14-10-19(11-15(14)17)9-13-7-5-4-6-8-13/h4-8,14-16,18H,3,9-11H2,1-2H3/t14-,15-,16?/m0/s1. The molecule has 2 rings (SSSR count). The van der Waals surface area contributed by atoms with Crippen molar-refractivity contribution in [3.8, 4) is 0 Å². The molecule has 1 unspecified atom stereocenters. The van der Waals surface area contributed by atoms with Gasteiger partial charge in [-0.2, -0.15) is 0 Å². The summed E-state index contributed by atoms with van der Waals surface area (Å²) >= 11 is 0. The summed E-state index contributed by atoms with van der Waals surface area (Å²) in [6.45, 7) is 5.96. The lowest BCUT2D eigenvalue weighted by Crippen LogP contribution is -2.45. The fraction of sp³-hybridized carbons (Fsp3) is 0.562. The summed E-state index contributed by atoms with van der Waals surface area (Å²) in [5, 5.41) is 3.12. The molecular formula is C16H23FN2O. The molecule has 0 amide bonds. The number of likely N-dealkylation sites (N-methyl/N-ethyl adjacent to an activating group) is 1. The minimum atomic E-state index is -0.938. The van der Waals surface area contributed by atoms with Gasteiger partial charge in [-0.25, -0.2) is 4.39 Å². The van der Waals surface area contributed by atoms with Crippen LogP contribution < -0.4 is 5.32 Å². The normalized spacial score (nSPS) is 24.8. The molecule has 0 aliphatic carbocycles. The minimum Gasteiger partial charge on any atom is -0.307 e. The van der Waals surface area contributed by atoms with Crippen molar-refractivity contribution in [3.63, 3.8) is 0 Å². The van der Waals surface area contributed by atoms with Gasteiger partial charge in [0.1, 0.15) is 12.0 Å². The van der Waals surface area contributed by atoms with Crippen LogP contribution in [0.3, 0.4) is 0 Å². The number of alkyl halides is 1. The number of carbonyl (C=O) groups excluding carboxylic acids is 1. The van der Waals surface area contributed by atoms with Crippen molar-refractivity contribution in [2.24, 2.45) is 5.92 Å². The number of hydrogen-bond acceptors (Lipinski definition) is 3. The molecule has 3 nitrogen and oxygen atoms in total. The Kier molecular flexibility index (Phi) is 5.26. The SMILES string of the molecule is CCNC(C(C)=O)[C@H]1CN(Cc2ccccc2)C[C@@H]1F. The van der Waals surface area contributed by atoms with Crippen molar-refractivity contribution in [3.05, 3.63) is 35.9 Å². The number of benzene rings is 1. The average molecular weight is 278 g/mol. The van der Waals surface area contributed by atoms with Gasteiger partial charge in [0.05, 0.1) is 6.04 Å². The zero-order valence-corrected chi connectivity index (χ0v) is 12.2. The fourth-order valence-electron chi connectivity index (χ4n) is 2.97. The van der Waals surface area contributed by atoms with Gasteiger partial charge in [0.2, 0.25) is 0 Å². The van der Waals surface area contributed by atoms with Crippen LogP contribution in [0.5, 0.6) is 0 Å². The second-order valence-corrected chi connectivity index (χ2v) is 5.51. The Labute approximate surface area is 120 Å². The smallest absolute Gasteiger partial charge is 0.147 e. The van der Waals surface area contributed by atoms with Crippen molar-refractivity contribution in [2.45, 2.75) is 32.6 Å². The molecule has 1 N–H and O–H groups in total. The van der Waals surface area contributed by atoms with Crippen molar-refractivity contribution < 1.29 is 9.18 Å². The van der Waals surface area contributed by atoms with Crippen LogP contribution in [0.1, 0.15) is 19.4 Å². The van der Waals surface area contributed by atoms with Crippen LogP contribution in [-0.2, 0) is 11.3 Å². The average Bonchev–Trinajstić information content (AvgIpc) is 2.77. The summed E-state index contributed by atoms with van der Waals surface area (Å²) in [6.07, 6.45) is -0.938. The van der Waals surface area contributed by atoms with E-state index in [1.54, 1.807) is 6.92 Å². The maximum atomic E-state index is 14.2. The predicted molar refractivity (Wildman–Crippen MR) is 78.3 cm³/mol. The molecule has 1 aromatic carbocycles. The first kappa shape index (κ1) is 15.1. The van der Waals surface area contributed by atoms with Crippen molar-refractivity contribution in [2.75, 3.05) is 19.6 Å². The molecule has 4 heteroatoms. The van der Waals surface area contributed by atoms with E-state index >= 15 is 0 Å². The molecule has 0 saturated carbocycles. The summed E-state index contributed by atoms with van der Waals surface area (Å²) in [7, 11) is 0. The Morgan fingerprint density at radius 3 is 2.70 bits per heavy atom. The topological polar surface area (TPSA) is 32.3 Å². The lowest BCUT2D eigenvalue weighted by atomic mass is 9.94. The lowest BCUT2D eigenvalue weighted by molar-refractivity contribution is -0.120. The van der Waals surface area contributed by atoms with E-state index in [0.29, 0.717) is 19.6 Å². The number of ketones is 1. The van der Waals surface area contributed by atoms with Crippen LogP contribution >= 0.6 is 0 Å². The molecule has 0 radical (unpaired) electrons. The molecule has 0 bridgehead atoms. The Morgan fingerprint density at radius 1 is 1.40 bits per heavy atom. The highest BCUT2D eigenvalue weighted by Gasteiger charge is 2.39. The van der Waals surface area contributed by atoms with Gasteiger partial charge >= 0.3 is 0 Å². The van der Waals surface area contributed by atoms with E-state index in [9.17, 15) is 9.18 Å². The van der Waals surface area contributed by atoms with Gasteiger partial charge in [-0.3, -0.25) is 9.69 Å². The summed E-state index contributed by atoms with van der Waals surface area (Å²) in [5.74, 6) is -0.211. The van der Waals surface area contributed by atoms with Crippen LogP contribution in [0.15, 0.2) is 30.3 Å². The Morgan fingerprint density at radius 2 is 2.10 bits per heavy atom. The molecule has 110 valence electrons. The highest BCUT2D eigenvalue weighted by molar-refractivity contribution is 5.82. The minimum absolute atomic E-state index is 0.0288. The summed E-state index contributed by atoms with van der Waals surface area (Å²) in [4.78, 5) is 13.8. The zero-order valence-electron chi connectivity index (χ0n) is 12.2. The van der Waals surface area contributed by atoms with Crippen molar-refractivity contribution in [1.29, 1.82) is 0 Å². The quantitative estimate of drug-likeness (QED) is 0.864. The summed E-state index contributed by atoms with van der Waals surface area (Å²) in [5.41, 5.74) is 1.18. The van der Waals surface area contributed by atoms with Crippen LogP contribution in [-0.4, -0.2) is 42.5 Å². The largest absolute Gasteiger partial charge is 0.307 e. The maximum Gasteiger partial charge on any atom is 0.147 e. The predicted octanol–water partition coefficient (Wildman–Crippen LogP) is 2.02. The third-order valence-corrected chi connectivity index (χ3v) is 3.91. The summed E-state index contributed by atoms with van der Waals surface area (Å²) in [6, 6.07) is 9.70. The molecule has 1 heterocycles. The fourth-order valence-corrected chi connectivity index (χ4v) is 2.97. The lowest BCUT2D eigenvalue weighted by Gasteiger charge is -2.23. The van der Waals surface area contributed by atoms with Gasteiger partial charge in [0, 0.05) is 25.6 Å². The molecule has 1 saturated heterocycles. The Hall–Kier alpha value is -1.26. The third kappa shape index (κ3) is 3.64. The number of carbonyl (C=O) groups is 1. The molecule has 1 aliphatic heterocycles. The number of nitrogens with one attached hydrogen (secondary N) is 1. The van der Waals surface area contributed by atoms with E-state index in [2.05, 4.69) is 10.2 Å². The Balaban J connectivity index is 1.99. The number of halogens is 1. The maximum absolute atomic E-state index is 14.2. The van der Waals surface area contributed by atoms with E-state index < -0.39 is 6.17 Å². The molecular weight excluding hydrogens is 255 g/mol. The van der Waals surface area contributed by atoms with Crippen LogP contribution in [0.4, 0.5) is 4.39 Å². The second-order valence-electron chi connectivity index (χ2n) is 5.51. The molecule has 3 atom stereocenters. The van der Waals surface area contributed by atoms with Gasteiger partial charge in [-0.15, -0.1) is 0 Å². The molecule has 20 heavy (non-hydrogen) atoms. The van der Waals surface area contributed by atoms with Crippen molar-refractivity contribution >= 4 is 5.78 Å². The highest BCUT2D eigenvalue weighted by Crippen LogP contribution is 2.25. The van der Waals surface area contributed by atoms with E-state index in [-0.39, 0.29) is 17.7 Å². The van der Waals surface area contributed by atoms with Crippen molar-refractivity contribution in [1.82, 2.24) is 10.2 Å². The highest BCUT2D eigenvalue weighted by atomic mass is 19.1. The number of hydrogen-bond donors (Lipinski definition) is 1. The first-order chi connectivity index (χ1) is 9.61. The monoisotopic (exact) mass is 278 g/mol. The third-order valence-electron chi connectivity index (χ3n) is 3.91.